The summed E-state index contributed by atoms with van der Waals surface area (Å²) in [5.41, 5.74) is 4.51. The molecule has 1 unspecified atom stereocenters. The minimum atomic E-state index is -1.85. The fraction of sp³-hybridized carbons (Fsp3) is 0.172. The van der Waals surface area contributed by atoms with Gasteiger partial charge in [-0.25, -0.2) is 0 Å². The van der Waals surface area contributed by atoms with Crippen LogP contribution >= 0.6 is 0 Å². The number of hydrogen-bond donors (Lipinski definition) is 0. The van der Waals surface area contributed by atoms with Gasteiger partial charge in [0, 0.05) is 0 Å². The molecule has 1 aliphatic carbocycles. The standard InChI is InChI=1S/C29H28Si/c1-30(27-16-3-2-4-17-27,29-19-9-15-24-12-7-8-18-28(24)29)20-10-11-23-21-25-13-5-6-14-26(25)22-23/h2-9,12-19,21H,10-11,20,22H2,1H3. The average Bonchev–Trinajstić information content (AvgIpc) is 3.22. The Morgan fingerprint density at radius 1 is 0.733 bits per heavy atom. The summed E-state index contributed by atoms with van der Waals surface area (Å²) in [6, 6.07) is 37.2. The molecule has 0 saturated carbocycles. The molecule has 0 bridgehead atoms. The van der Waals surface area contributed by atoms with Crippen molar-refractivity contribution >= 4 is 35.3 Å². The van der Waals surface area contributed by atoms with Crippen LogP contribution in [-0.2, 0) is 6.42 Å². The molecule has 0 heterocycles. The molecule has 0 fully saturated rings. The van der Waals surface area contributed by atoms with Gasteiger partial charge in [-0.2, -0.15) is 0 Å². The van der Waals surface area contributed by atoms with E-state index in [4.69, 9.17) is 0 Å². The highest BCUT2D eigenvalue weighted by molar-refractivity contribution is 7.02. The van der Waals surface area contributed by atoms with Crippen LogP contribution in [-0.4, -0.2) is 8.07 Å². The second kappa shape index (κ2) is 8.08. The van der Waals surface area contributed by atoms with E-state index in [-0.39, 0.29) is 0 Å². The van der Waals surface area contributed by atoms with Gasteiger partial charge in [0.2, 0.25) is 0 Å². The van der Waals surface area contributed by atoms with Crippen molar-refractivity contribution in [3.05, 3.63) is 114 Å². The molecule has 148 valence electrons. The van der Waals surface area contributed by atoms with Crippen molar-refractivity contribution in [2.45, 2.75) is 31.9 Å². The number of hydrogen-bond acceptors (Lipinski definition) is 0. The molecule has 0 aromatic heterocycles. The third kappa shape index (κ3) is 3.55. The molecule has 1 heteroatoms. The summed E-state index contributed by atoms with van der Waals surface area (Å²) >= 11 is 0. The smallest absolute Gasteiger partial charge is 0.0652 e. The second-order valence-electron chi connectivity index (χ2n) is 8.76. The van der Waals surface area contributed by atoms with Crippen LogP contribution in [0, 0.1) is 0 Å². The molecule has 0 nitrogen and oxygen atoms in total. The summed E-state index contributed by atoms with van der Waals surface area (Å²) in [5.74, 6) is 0. The number of rotatable bonds is 6. The van der Waals surface area contributed by atoms with Gasteiger partial charge in [0.05, 0.1) is 0 Å². The van der Waals surface area contributed by atoms with Crippen molar-refractivity contribution in [1.82, 2.24) is 0 Å². The number of fused-ring (bicyclic) bond motifs is 2. The molecular weight excluding hydrogens is 376 g/mol. The summed E-state index contributed by atoms with van der Waals surface area (Å²) < 4.78 is 0. The van der Waals surface area contributed by atoms with E-state index < -0.39 is 8.07 Å². The Morgan fingerprint density at radius 3 is 2.33 bits per heavy atom. The van der Waals surface area contributed by atoms with Gasteiger partial charge in [0.15, 0.2) is 0 Å². The van der Waals surface area contributed by atoms with Gasteiger partial charge in [-0.05, 0) is 46.0 Å². The van der Waals surface area contributed by atoms with Gasteiger partial charge >= 0.3 is 0 Å². The predicted molar refractivity (Wildman–Crippen MR) is 133 cm³/mol. The van der Waals surface area contributed by atoms with Crippen molar-refractivity contribution in [3.8, 4) is 0 Å². The first-order chi connectivity index (χ1) is 14.7. The average molecular weight is 405 g/mol. The zero-order valence-corrected chi connectivity index (χ0v) is 18.6. The lowest BCUT2D eigenvalue weighted by Gasteiger charge is -2.30. The summed E-state index contributed by atoms with van der Waals surface area (Å²) in [5, 5.41) is 5.92. The largest absolute Gasteiger partial charge is 0.116 e. The Bertz CT molecular complexity index is 1200. The Labute approximate surface area is 180 Å². The maximum absolute atomic E-state index is 2.57. The molecule has 0 N–H and O–H groups in total. The van der Waals surface area contributed by atoms with Gasteiger partial charge in [-0.3, -0.25) is 0 Å². The molecule has 0 saturated heterocycles. The highest BCUT2D eigenvalue weighted by Gasteiger charge is 2.32. The first-order valence-corrected chi connectivity index (χ1v) is 13.8. The molecule has 1 aliphatic rings. The zero-order chi connectivity index (χ0) is 20.4. The summed E-state index contributed by atoms with van der Waals surface area (Å²) in [6.45, 7) is 2.57. The first-order valence-electron chi connectivity index (χ1n) is 11.1. The van der Waals surface area contributed by atoms with E-state index in [9.17, 15) is 0 Å². The van der Waals surface area contributed by atoms with E-state index >= 15 is 0 Å². The first kappa shape index (κ1) is 19.1. The van der Waals surface area contributed by atoms with Crippen LogP contribution < -0.4 is 10.4 Å². The van der Waals surface area contributed by atoms with Crippen LogP contribution in [0.5, 0.6) is 0 Å². The topological polar surface area (TPSA) is 0 Å². The van der Waals surface area contributed by atoms with Gasteiger partial charge in [-0.15, -0.1) is 0 Å². The highest BCUT2D eigenvalue weighted by atomic mass is 28.3. The van der Waals surface area contributed by atoms with Crippen LogP contribution in [0.3, 0.4) is 0 Å². The summed E-state index contributed by atoms with van der Waals surface area (Å²) in [7, 11) is -1.85. The van der Waals surface area contributed by atoms with Crippen molar-refractivity contribution in [3.63, 3.8) is 0 Å². The van der Waals surface area contributed by atoms with Gasteiger partial charge < -0.3 is 0 Å². The SMILES string of the molecule is C[Si](CCCC1=Cc2ccccc2C1)(c1ccccc1)c1cccc2ccccc12. The molecule has 4 aromatic carbocycles. The van der Waals surface area contributed by atoms with E-state index in [0.717, 1.165) is 6.42 Å². The summed E-state index contributed by atoms with van der Waals surface area (Å²) in [6.07, 6.45) is 6.01. The van der Waals surface area contributed by atoms with Gasteiger partial charge in [0.1, 0.15) is 8.07 Å². The fourth-order valence-electron chi connectivity index (χ4n) is 5.13. The normalized spacial score (nSPS) is 14.9. The maximum Gasteiger partial charge on any atom is 0.116 e. The van der Waals surface area contributed by atoms with E-state index in [0.29, 0.717) is 0 Å². The Hall–Kier alpha value is -2.90. The molecule has 4 aromatic rings. The number of allylic oxidation sites excluding steroid dienone is 1. The van der Waals surface area contributed by atoms with Gasteiger partial charge in [0.25, 0.3) is 0 Å². The molecule has 30 heavy (non-hydrogen) atoms. The Kier molecular flexibility index (Phi) is 5.14. The molecule has 0 radical (unpaired) electrons. The van der Waals surface area contributed by atoms with Crippen LogP contribution in [0.1, 0.15) is 24.0 Å². The van der Waals surface area contributed by atoms with Crippen LogP contribution in [0.4, 0.5) is 0 Å². The quantitative estimate of drug-likeness (QED) is 0.324. The minimum Gasteiger partial charge on any atom is -0.0652 e. The monoisotopic (exact) mass is 404 g/mol. The molecule has 0 aliphatic heterocycles. The fourth-order valence-corrected chi connectivity index (χ4v) is 9.10. The van der Waals surface area contributed by atoms with Crippen LogP contribution in [0.25, 0.3) is 16.8 Å². The van der Waals surface area contributed by atoms with E-state index in [1.807, 2.05) is 0 Å². The lowest BCUT2D eigenvalue weighted by Crippen LogP contribution is -2.55. The van der Waals surface area contributed by atoms with Crippen LogP contribution in [0.15, 0.2) is 103 Å². The molecule has 0 spiro atoms. The maximum atomic E-state index is 2.57. The van der Waals surface area contributed by atoms with E-state index in [1.165, 1.54) is 40.8 Å². The third-order valence-corrected chi connectivity index (χ3v) is 11.4. The number of benzene rings is 4. The highest BCUT2D eigenvalue weighted by Crippen LogP contribution is 2.29. The van der Waals surface area contributed by atoms with Crippen molar-refractivity contribution < 1.29 is 0 Å². The third-order valence-electron chi connectivity index (χ3n) is 6.80. The zero-order valence-electron chi connectivity index (χ0n) is 17.6. The van der Waals surface area contributed by atoms with Crippen molar-refractivity contribution in [1.29, 1.82) is 0 Å². The molecule has 1 atom stereocenters. The van der Waals surface area contributed by atoms with Gasteiger partial charge in [-0.1, -0.05) is 127 Å². The predicted octanol–water partition coefficient (Wildman–Crippen LogP) is 6.45. The molecule has 0 amide bonds. The minimum absolute atomic E-state index is 1.13. The lowest BCUT2D eigenvalue weighted by molar-refractivity contribution is 0.875. The van der Waals surface area contributed by atoms with Crippen molar-refractivity contribution in [2.24, 2.45) is 0 Å². The van der Waals surface area contributed by atoms with Crippen molar-refractivity contribution in [2.75, 3.05) is 0 Å². The van der Waals surface area contributed by atoms with Crippen LogP contribution in [0.2, 0.25) is 12.6 Å². The van der Waals surface area contributed by atoms with E-state index in [1.54, 1.807) is 15.9 Å². The molecule has 5 rings (SSSR count). The van der Waals surface area contributed by atoms with E-state index in [2.05, 4.69) is 110 Å². The Balaban J connectivity index is 1.45. The lowest BCUT2D eigenvalue weighted by atomic mass is 10.1. The summed E-state index contributed by atoms with van der Waals surface area (Å²) in [4.78, 5) is 0. The Morgan fingerprint density at radius 2 is 1.47 bits per heavy atom. The second-order valence-corrected chi connectivity index (χ2v) is 13.0. The molecular formula is C29H28Si.